The van der Waals surface area contributed by atoms with Gasteiger partial charge in [-0.25, -0.2) is 4.39 Å². The summed E-state index contributed by atoms with van der Waals surface area (Å²) in [4.78, 5) is 0. The van der Waals surface area contributed by atoms with Gasteiger partial charge in [-0.1, -0.05) is 61.0 Å². The number of rotatable bonds is 3. The molecule has 5 heteroatoms. The van der Waals surface area contributed by atoms with Gasteiger partial charge in [0, 0.05) is 5.56 Å². The van der Waals surface area contributed by atoms with Crippen molar-refractivity contribution in [2.75, 3.05) is 5.73 Å². The fourth-order valence-electron chi connectivity index (χ4n) is 3.13. The molecule has 1 fully saturated rings. The maximum Gasteiger partial charge on any atom is 0.230 e. The summed E-state index contributed by atoms with van der Waals surface area (Å²) in [6, 6.07) is 4.89. The quantitative estimate of drug-likeness (QED) is 0.882. The number of anilines is 1. The summed E-state index contributed by atoms with van der Waals surface area (Å²) in [5, 5.41) is 4.13. The van der Waals surface area contributed by atoms with Crippen molar-refractivity contribution >= 4 is 17.5 Å². The second-order valence-electron chi connectivity index (χ2n) is 5.68. The molecule has 0 amide bonds. The summed E-state index contributed by atoms with van der Waals surface area (Å²) in [5.74, 6) is 0.255. The van der Waals surface area contributed by atoms with Crippen LogP contribution in [0, 0.1) is 11.7 Å². The van der Waals surface area contributed by atoms with Crippen molar-refractivity contribution < 1.29 is 8.91 Å². The van der Waals surface area contributed by atoms with Crippen LogP contribution < -0.4 is 5.73 Å². The maximum atomic E-state index is 14.2. The van der Waals surface area contributed by atoms with Crippen molar-refractivity contribution in [2.24, 2.45) is 5.92 Å². The maximum absolute atomic E-state index is 14.2. The molecule has 1 aromatic heterocycles. The van der Waals surface area contributed by atoms with Gasteiger partial charge in [0.1, 0.15) is 5.82 Å². The van der Waals surface area contributed by atoms with Crippen LogP contribution in [0.15, 0.2) is 22.7 Å². The largest absolute Gasteiger partial charge is 0.367 e. The van der Waals surface area contributed by atoms with Gasteiger partial charge in [0.25, 0.3) is 0 Å². The molecule has 0 spiro atoms. The summed E-state index contributed by atoms with van der Waals surface area (Å²) < 4.78 is 19.4. The van der Waals surface area contributed by atoms with Crippen molar-refractivity contribution in [1.29, 1.82) is 0 Å². The number of halogens is 2. The highest BCUT2D eigenvalue weighted by molar-refractivity contribution is 6.31. The molecule has 1 aliphatic carbocycles. The number of hydrogen-bond acceptors (Lipinski definition) is 3. The first-order chi connectivity index (χ1) is 10.2. The number of nitrogens with zero attached hydrogens (tertiary/aromatic N) is 1. The first kappa shape index (κ1) is 14.4. The third-order valence-electron chi connectivity index (χ3n) is 4.22. The minimum Gasteiger partial charge on any atom is -0.367 e. The van der Waals surface area contributed by atoms with Crippen LogP contribution in [-0.2, 0) is 6.42 Å². The third-order valence-corrected chi connectivity index (χ3v) is 4.51. The molecule has 2 aromatic rings. The van der Waals surface area contributed by atoms with E-state index in [1.54, 1.807) is 12.1 Å². The Kier molecular flexibility index (Phi) is 4.15. The molecule has 0 bridgehead atoms. The molecule has 112 valence electrons. The molecular weight excluding hydrogens is 291 g/mol. The standard InChI is InChI=1S/C16H18ClFN2O/c17-12-8-4-7-11(15(12)18)14-13(20-21-16(14)19)9-10-5-2-1-3-6-10/h4,7-8,10H,1-3,5-6,9,19H2. The zero-order valence-electron chi connectivity index (χ0n) is 11.7. The highest BCUT2D eigenvalue weighted by atomic mass is 35.5. The fourth-order valence-corrected chi connectivity index (χ4v) is 3.30. The third kappa shape index (κ3) is 2.91. The lowest BCUT2D eigenvalue weighted by Gasteiger charge is -2.20. The van der Waals surface area contributed by atoms with Gasteiger partial charge < -0.3 is 10.3 Å². The lowest BCUT2D eigenvalue weighted by Crippen LogP contribution is -2.10. The molecule has 0 radical (unpaired) electrons. The minimum atomic E-state index is -0.473. The van der Waals surface area contributed by atoms with Crippen LogP contribution in [0.4, 0.5) is 10.3 Å². The van der Waals surface area contributed by atoms with E-state index in [0.717, 1.165) is 12.1 Å². The molecule has 3 nitrogen and oxygen atoms in total. The minimum absolute atomic E-state index is 0.0803. The molecule has 1 aromatic carbocycles. The number of hydrogen-bond donors (Lipinski definition) is 1. The molecule has 2 N–H and O–H groups in total. The van der Waals surface area contributed by atoms with Gasteiger partial charge in [0.05, 0.1) is 16.3 Å². The molecule has 0 aliphatic heterocycles. The summed E-state index contributed by atoms with van der Waals surface area (Å²) in [6.45, 7) is 0. The SMILES string of the molecule is Nc1onc(CC2CCCCC2)c1-c1cccc(Cl)c1F. The van der Waals surface area contributed by atoms with Crippen molar-refractivity contribution in [1.82, 2.24) is 5.16 Å². The second kappa shape index (κ2) is 6.06. The van der Waals surface area contributed by atoms with E-state index >= 15 is 0 Å². The van der Waals surface area contributed by atoms with Crippen LogP contribution in [0.2, 0.25) is 5.02 Å². The van der Waals surface area contributed by atoms with Gasteiger partial charge in [0.2, 0.25) is 5.88 Å². The Labute approximate surface area is 128 Å². The Bertz CT molecular complexity index is 635. The molecule has 0 saturated heterocycles. The van der Waals surface area contributed by atoms with E-state index in [1.165, 1.54) is 38.2 Å². The van der Waals surface area contributed by atoms with Gasteiger partial charge in [-0.2, -0.15) is 0 Å². The summed E-state index contributed by atoms with van der Waals surface area (Å²) in [5.41, 5.74) is 7.52. The van der Waals surface area contributed by atoms with E-state index < -0.39 is 5.82 Å². The number of nitrogen functional groups attached to an aromatic ring is 1. The first-order valence-electron chi connectivity index (χ1n) is 7.35. The summed E-state index contributed by atoms with van der Waals surface area (Å²) in [7, 11) is 0. The molecule has 21 heavy (non-hydrogen) atoms. The van der Waals surface area contributed by atoms with Crippen LogP contribution >= 0.6 is 11.6 Å². The predicted molar refractivity (Wildman–Crippen MR) is 81.6 cm³/mol. The van der Waals surface area contributed by atoms with Gasteiger partial charge in [-0.05, 0) is 18.4 Å². The van der Waals surface area contributed by atoms with Crippen LogP contribution in [0.25, 0.3) is 11.1 Å². The highest BCUT2D eigenvalue weighted by Gasteiger charge is 2.23. The van der Waals surface area contributed by atoms with Crippen molar-refractivity contribution in [3.05, 3.63) is 34.7 Å². The Morgan fingerprint density at radius 3 is 2.81 bits per heavy atom. The average molecular weight is 309 g/mol. The van der Waals surface area contributed by atoms with Crippen LogP contribution in [0.3, 0.4) is 0 Å². The van der Waals surface area contributed by atoms with E-state index in [0.29, 0.717) is 17.0 Å². The topological polar surface area (TPSA) is 52.0 Å². The van der Waals surface area contributed by atoms with Crippen molar-refractivity contribution in [3.8, 4) is 11.1 Å². The molecule has 1 heterocycles. The van der Waals surface area contributed by atoms with Crippen LogP contribution in [0.5, 0.6) is 0 Å². The summed E-state index contributed by atoms with van der Waals surface area (Å²) >= 11 is 5.86. The molecular formula is C16H18ClFN2O. The summed E-state index contributed by atoms with van der Waals surface area (Å²) in [6.07, 6.45) is 6.95. The average Bonchev–Trinajstić information content (AvgIpc) is 2.84. The molecule has 1 saturated carbocycles. The Hall–Kier alpha value is -1.55. The second-order valence-corrected chi connectivity index (χ2v) is 6.09. The van der Waals surface area contributed by atoms with Gasteiger partial charge in [0.15, 0.2) is 0 Å². The van der Waals surface area contributed by atoms with E-state index in [1.807, 2.05) is 0 Å². The fraction of sp³-hybridized carbons (Fsp3) is 0.438. The zero-order chi connectivity index (χ0) is 14.8. The Morgan fingerprint density at radius 2 is 2.05 bits per heavy atom. The highest BCUT2D eigenvalue weighted by Crippen LogP contribution is 2.37. The van der Waals surface area contributed by atoms with Crippen LogP contribution in [0.1, 0.15) is 37.8 Å². The van der Waals surface area contributed by atoms with Gasteiger partial charge in [-0.15, -0.1) is 0 Å². The molecule has 1 aliphatic rings. The van der Waals surface area contributed by atoms with E-state index in [4.69, 9.17) is 21.9 Å². The van der Waals surface area contributed by atoms with E-state index in [2.05, 4.69) is 5.16 Å². The number of nitrogens with two attached hydrogens (primary N) is 1. The Balaban J connectivity index is 1.95. The van der Waals surface area contributed by atoms with Crippen molar-refractivity contribution in [2.45, 2.75) is 38.5 Å². The monoisotopic (exact) mass is 308 g/mol. The van der Waals surface area contributed by atoms with E-state index in [-0.39, 0.29) is 10.9 Å². The number of aromatic nitrogens is 1. The van der Waals surface area contributed by atoms with Crippen molar-refractivity contribution in [3.63, 3.8) is 0 Å². The predicted octanol–water partition coefficient (Wildman–Crippen LogP) is 4.84. The first-order valence-corrected chi connectivity index (χ1v) is 7.73. The van der Waals surface area contributed by atoms with E-state index in [9.17, 15) is 4.39 Å². The zero-order valence-corrected chi connectivity index (χ0v) is 12.5. The Morgan fingerprint density at radius 1 is 1.29 bits per heavy atom. The normalized spacial score (nSPS) is 16.3. The number of benzene rings is 1. The smallest absolute Gasteiger partial charge is 0.230 e. The lowest BCUT2D eigenvalue weighted by molar-refractivity contribution is 0.345. The van der Waals surface area contributed by atoms with Crippen LogP contribution in [-0.4, -0.2) is 5.16 Å². The molecule has 0 atom stereocenters. The lowest BCUT2D eigenvalue weighted by atomic mass is 9.85. The molecule has 0 unspecified atom stereocenters. The molecule has 3 rings (SSSR count). The van der Waals surface area contributed by atoms with Gasteiger partial charge in [-0.3, -0.25) is 0 Å². The van der Waals surface area contributed by atoms with Gasteiger partial charge >= 0.3 is 0 Å².